The van der Waals surface area contributed by atoms with E-state index in [1.807, 2.05) is 11.3 Å². The first kappa shape index (κ1) is 15.0. The number of carbonyl (C=O) groups excluding carboxylic acids is 1. The first-order valence-corrected chi connectivity index (χ1v) is 8.92. The van der Waals surface area contributed by atoms with Crippen LogP contribution in [0.4, 0.5) is 0 Å². The second-order valence-corrected chi connectivity index (χ2v) is 7.19. The van der Waals surface area contributed by atoms with Gasteiger partial charge in [0.2, 0.25) is 5.91 Å². The van der Waals surface area contributed by atoms with E-state index in [2.05, 4.69) is 32.6 Å². The van der Waals surface area contributed by atoms with Gasteiger partial charge in [-0.1, -0.05) is 6.07 Å². The minimum atomic E-state index is 0.363. The van der Waals surface area contributed by atoms with Gasteiger partial charge in [-0.15, -0.1) is 11.3 Å². The Labute approximate surface area is 131 Å². The Bertz CT molecular complexity index is 442. The Morgan fingerprint density at radius 3 is 3.05 bits per heavy atom. The first-order valence-electron chi connectivity index (χ1n) is 8.04. The van der Waals surface area contributed by atoms with Crippen molar-refractivity contribution in [1.29, 1.82) is 0 Å². The molecule has 21 heavy (non-hydrogen) atoms. The lowest BCUT2D eigenvalue weighted by atomic mass is 10.0. The van der Waals surface area contributed by atoms with Crippen LogP contribution in [0.2, 0.25) is 0 Å². The molecule has 2 aliphatic rings. The molecule has 0 aromatic carbocycles. The molecule has 1 unspecified atom stereocenters. The summed E-state index contributed by atoms with van der Waals surface area (Å²) in [6.45, 7) is 7.06. The predicted octanol–water partition coefficient (Wildman–Crippen LogP) is 1.78. The summed E-state index contributed by atoms with van der Waals surface area (Å²) in [7, 11) is 0. The second-order valence-electron chi connectivity index (χ2n) is 6.15. The monoisotopic (exact) mass is 307 g/mol. The maximum absolute atomic E-state index is 12.4. The summed E-state index contributed by atoms with van der Waals surface area (Å²) in [6.07, 6.45) is 2.99. The Morgan fingerprint density at radius 2 is 2.29 bits per heavy atom. The van der Waals surface area contributed by atoms with Crippen LogP contribution in [0, 0.1) is 5.92 Å². The molecule has 3 rings (SSSR count). The Kier molecular flexibility index (Phi) is 5.27. The van der Waals surface area contributed by atoms with Gasteiger partial charge in [0.1, 0.15) is 0 Å². The van der Waals surface area contributed by atoms with Crippen LogP contribution in [0.15, 0.2) is 17.5 Å². The number of amides is 1. The van der Waals surface area contributed by atoms with Gasteiger partial charge < -0.3 is 10.2 Å². The minimum Gasteiger partial charge on any atom is -0.341 e. The highest BCUT2D eigenvalue weighted by atomic mass is 32.1. The van der Waals surface area contributed by atoms with Crippen LogP contribution >= 0.6 is 11.3 Å². The first-order chi connectivity index (χ1) is 10.3. The SMILES string of the molecule is O=C(CC1CCNC1)N1CCCN(Cc2cccs2)CC1. The van der Waals surface area contributed by atoms with E-state index >= 15 is 0 Å². The molecule has 5 heteroatoms. The van der Waals surface area contributed by atoms with Crippen molar-refractivity contribution in [3.8, 4) is 0 Å². The van der Waals surface area contributed by atoms with Crippen LogP contribution in [-0.4, -0.2) is 55.0 Å². The van der Waals surface area contributed by atoms with Crippen molar-refractivity contribution in [2.75, 3.05) is 39.3 Å². The zero-order valence-electron chi connectivity index (χ0n) is 12.6. The number of hydrogen-bond donors (Lipinski definition) is 1. The van der Waals surface area contributed by atoms with Gasteiger partial charge in [0.25, 0.3) is 0 Å². The third-order valence-corrected chi connectivity index (χ3v) is 5.39. The van der Waals surface area contributed by atoms with Crippen molar-refractivity contribution in [3.05, 3.63) is 22.4 Å². The molecular formula is C16H25N3OS. The van der Waals surface area contributed by atoms with Crippen molar-refractivity contribution < 1.29 is 4.79 Å². The molecule has 1 N–H and O–H groups in total. The maximum Gasteiger partial charge on any atom is 0.222 e. The smallest absolute Gasteiger partial charge is 0.222 e. The highest BCUT2D eigenvalue weighted by molar-refractivity contribution is 7.09. The van der Waals surface area contributed by atoms with Gasteiger partial charge in [-0.2, -0.15) is 0 Å². The highest BCUT2D eigenvalue weighted by Crippen LogP contribution is 2.17. The summed E-state index contributed by atoms with van der Waals surface area (Å²) in [6, 6.07) is 4.31. The predicted molar refractivity (Wildman–Crippen MR) is 86.4 cm³/mol. The molecule has 1 amide bonds. The molecule has 0 spiro atoms. The van der Waals surface area contributed by atoms with E-state index in [1.54, 1.807) is 0 Å². The van der Waals surface area contributed by atoms with Gasteiger partial charge in [0.15, 0.2) is 0 Å². The quantitative estimate of drug-likeness (QED) is 0.921. The van der Waals surface area contributed by atoms with Gasteiger partial charge in [0.05, 0.1) is 0 Å². The average molecular weight is 307 g/mol. The highest BCUT2D eigenvalue weighted by Gasteiger charge is 2.23. The summed E-state index contributed by atoms with van der Waals surface area (Å²) in [5.74, 6) is 0.921. The van der Waals surface area contributed by atoms with Crippen LogP contribution in [0.25, 0.3) is 0 Å². The molecule has 2 fully saturated rings. The van der Waals surface area contributed by atoms with Crippen molar-refractivity contribution in [1.82, 2.24) is 15.1 Å². The number of nitrogens with zero attached hydrogens (tertiary/aromatic N) is 2. The van der Waals surface area contributed by atoms with Gasteiger partial charge >= 0.3 is 0 Å². The Morgan fingerprint density at radius 1 is 1.33 bits per heavy atom. The summed E-state index contributed by atoms with van der Waals surface area (Å²) in [5, 5.41) is 5.48. The van der Waals surface area contributed by atoms with Crippen LogP contribution in [0.3, 0.4) is 0 Å². The third kappa shape index (κ3) is 4.28. The third-order valence-electron chi connectivity index (χ3n) is 4.53. The van der Waals surface area contributed by atoms with E-state index < -0.39 is 0 Å². The van der Waals surface area contributed by atoms with E-state index in [-0.39, 0.29) is 0 Å². The van der Waals surface area contributed by atoms with Crippen LogP contribution in [-0.2, 0) is 11.3 Å². The van der Waals surface area contributed by atoms with Crippen LogP contribution in [0.1, 0.15) is 24.1 Å². The summed E-state index contributed by atoms with van der Waals surface area (Å²) >= 11 is 1.82. The number of thiophene rings is 1. The molecule has 116 valence electrons. The van der Waals surface area contributed by atoms with E-state index in [9.17, 15) is 4.79 Å². The standard InChI is InChI=1S/C16H25N3OS/c20-16(11-14-4-5-17-12-14)19-7-2-6-18(8-9-19)13-15-3-1-10-21-15/h1,3,10,14,17H,2,4-9,11-13H2. The lowest BCUT2D eigenvalue weighted by Gasteiger charge is -2.23. The van der Waals surface area contributed by atoms with Crippen LogP contribution in [0.5, 0.6) is 0 Å². The number of rotatable bonds is 4. The molecule has 0 radical (unpaired) electrons. The Balaban J connectivity index is 1.47. The van der Waals surface area contributed by atoms with Crippen molar-refractivity contribution in [2.24, 2.45) is 5.92 Å². The molecule has 2 aliphatic heterocycles. The van der Waals surface area contributed by atoms with Crippen molar-refractivity contribution in [3.63, 3.8) is 0 Å². The largest absolute Gasteiger partial charge is 0.341 e. The number of nitrogens with one attached hydrogen (secondary N) is 1. The van der Waals surface area contributed by atoms with Crippen molar-refractivity contribution in [2.45, 2.75) is 25.8 Å². The molecule has 1 aromatic heterocycles. The average Bonchev–Trinajstić information content (AvgIpc) is 3.11. The normalized spacial score (nSPS) is 24.2. The Hall–Kier alpha value is -0.910. The number of carbonyl (C=O) groups is 1. The summed E-state index contributed by atoms with van der Waals surface area (Å²) < 4.78 is 0. The van der Waals surface area contributed by atoms with Gasteiger partial charge in [-0.05, 0) is 43.3 Å². The fourth-order valence-corrected chi connectivity index (χ4v) is 4.01. The lowest BCUT2D eigenvalue weighted by molar-refractivity contribution is -0.131. The van der Waals surface area contributed by atoms with E-state index in [0.717, 1.165) is 65.1 Å². The number of hydrogen-bond acceptors (Lipinski definition) is 4. The molecule has 1 aromatic rings. The van der Waals surface area contributed by atoms with Crippen molar-refractivity contribution >= 4 is 17.2 Å². The molecule has 0 aliphatic carbocycles. The molecule has 4 nitrogen and oxygen atoms in total. The van der Waals surface area contributed by atoms with E-state index in [0.29, 0.717) is 11.8 Å². The summed E-state index contributed by atoms with van der Waals surface area (Å²) in [4.78, 5) is 18.4. The zero-order valence-corrected chi connectivity index (χ0v) is 13.4. The molecule has 2 saturated heterocycles. The molecular weight excluding hydrogens is 282 g/mol. The second kappa shape index (κ2) is 7.38. The lowest BCUT2D eigenvalue weighted by Crippen LogP contribution is -2.36. The van der Waals surface area contributed by atoms with Gasteiger partial charge in [0, 0.05) is 44.0 Å². The van der Waals surface area contributed by atoms with E-state index in [4.69, 9.17) is 0 Å². The van der Waals surface area contributed by atoms with Gasteiger partial charge in [-0.25, -0.2) is 0 Å². The maximum atomic E-state index is 12.4. The van der Waals surface area contributed by atoms with Crippen LogP contribution < -0.4 is 5.32 Å². The fourth-order valence-electron chi connectivity index (χ4n) is 3.27. The summed E-state index contributed by atoms with van der Waals surface area (Å²) in [5.41, 5.74) is 0. The fraction of sp³-hybridized carbons (Fsp3) is 0.688. The topological polar surface area (TPSA) is 35.6 Å². The minimum absolute atomic E-state index is 0.363. The molecule has 3 heterocycles. The molecule has 1 atom stereocenters. The van der Waals surface area contributed by atoms with Gasteiger partial charge in [-0.3, -0.25) is 9.69 Å². The molecule has 0 saturated carbocycles. The molecule has 0 bridgehead atoms. The zero-order chi connectivity index (χ0) is 14.5. The van der Waals surface area contributed by atoms with E-state index in [1.165, 1.54) is 4.88 Å².